The molecule has 20 heavy (non-hydrogen) atoms. The van der Waals surface area contributed by atoms with E-state index in [1.807, 2.05) is 36.5 Å². The smallest absolute Gasteiger partial charge is 0.261 e. The van der Waals surface area contributed by atoms with Crippen LogP contribution in [0.3, 0.4) is 0 Å². The molecule has 0 N–H and O–H groups in total. The molecule has 2 aromatic heterocycles. The number of benzene rings is 1. The second-order valence-corrected chi connectivity index (χ2v) is 5.21. The van der Waals surface area contributed by atoms with E-state index in [4.69, 9.17) is 0 Å². The van der Waals surface area contributed by atoms with Crippen molar-refractivity contribution < 1.29 is 0 Å². The molecular formula is C17H14N2O. The van der Waals surface area contributed by atoms with Crippen molar-refractivity contribution in [2.45, 2.75) is 19.3 Å². The summed E-state index contributed by atoms with van der Waals surface area (Å²) >= 11 is 0. The maximum absolute atomic E-state index is 12.4. The maximum atomic E-state index is 12.4. The fraction of sp³-hybridized carbons (Fsp3) is 0.176. The third-order valence-electron chi connectivity index (χ3n) is 3.96. The summed E-state index contributed by atoms with van der Waals surface area (Å²) in [5.41, 5.74) is 4.97. The van der Waals surface area contributed by atoms with Crippen LogP contribution in [-0.4, -0.2) is 9.38 Å². The summed E-state index contributed by atoms with van der Waals surface area (Å²) in [5, 5.41) is 0. The second-order valence-electron chi connectivity index (χ2n) is 5.21. The Kier molecular flexibility index (Phi) is 2.46. The summed E-state index contributed by atoms with van der Waals surface area (Å²) in [6.45, 7) is 0. The lowest BCUT2D eigenvalue weighted by Crippen LogP contribution is -2.19. The second kappa shape index (κ2) is 4.30. The Morgan fingerprint density at radius 2 is 1.85 bits per heavy atom. The third kappa shape index (κ3) is 1.67. The van der Waals surface area contributed by atoms with Crippen LogP contribution in [0.5, 0.6) is 0 Å². The first-order valence-electron chi connectivity index (χ1n) is 6.92. The fourth-order valence-electron chi connectivity index (χ4n) is 2.92. The van der Waals surface area contributed by atoms with Gasteiger partial charge in [-0.3, -0.25) is 9.20 Å². The van der Waals surface area contributed by atoms with Crippen LogP contribution in [0, 0.1) is 0 Å². The van der Waals surface area contributed by atoms with Crippen LogP contribution in [0.15, 0.2) is 53.5 Å². The summed E-state index contributed by atoms with van der Waals surface area (Å²) in [4.78, 5) is 17.1. The Bertz CT molecular complexity index is 850. The Hall–Kier alpha value is -2.42. The Morgan fingerprint density at radius 3 is 2.70 bits per heavy atom. The molecule has 0 spiro atoms. The number of hydrogen-bond donors (Lipinski definition) is 0. The van der Waals surface area contributed by atoms with Gasteiger partial charge in [0.2, 0.25) is 0 Å². The zero-order valence-electron chi connectivity index (χ0n) is 11.0. The quantitative estimate of drug-likeness (QED) is 0.676. The van der Waals surface area contributed by atoms with Crippen molar-refractivity contribution in [2.75, 3.05) is 0 Å². The van der Waals surface area contributed by atoms with E-state index in [9.17, 15) is 4.79 Å². The highest BCUT2D eigenvalue weighted by Crippen LogP contribution is 2.21. The summed E-state index contributed by atoms with van der Waals surface area (Å²) < 4.78 is 1.66. The van der Waals surface area contributed by atoms with Crippen molar-refractivity contribution >= 4 is 5.65 Å². The molecule has 0 atom stereocenters. The van der Waals surface area contributed by atoms with Crippen LogP contribution in [0.25, 0.3) is 16.8 Å². The molecule has 3 nitrogen and oxygen atoms in total. The Morgan fingerprint density at radius 1 is 1.00 bits per heavy atom. The number of fused-ring (bicyclic) bond motifs is 2. The minimum Gasteiger partial charge on any atom is -0.269 e. The molecule has 0 fully saturated rings. The zero-order chi connectivity index (χ0) is 13.5. The molecule has 0 saturated heterocycles. The van der Waals surface area contributed by atoms with Crippen LogP contribution in [0.4, 0.5) is 0 Å². The highest BCUT2D eigenvalue weighted by molar-refractivity contribution is 5.67. The summed E-state index contributed by atoms with van der Waals surface area (Å²) in [5.74, 6) is 0. The number of pyridine rings is 1. The van der Waals surface area contributed by atoms with E-state index >= 15 is 0 Å². The molecule has 0 amide bonds. The normalized spacial score (nSPS) is 13.6. The molecule has 0 unspecified atom stereocenters. The largest absolute Gasteiger partial charge is 0.269 e. The molecule has 3 heteroatoms. The van der Waals surface area contributed by atoms with E-state index in [1.165, 1.54) is 0 Å². The molecule has 98 valence electrons. The minimum absolute atomic E-state index is 0.0992. The number of nitrogens with zero attached hydrogens (tertiary/aromatic N) is 2. The first-order valence-corrected chi connectivity index (χ1v) is 6.92. The van der Waals surface area contributed by atoms with E-state index in [0.717, 1.165) is 47.3 Å². The van der Waals surface area contributed by atoms with Gasteiger partial charge in [0.15, 0.2) is 0 Å². The van der Waals surface area contributed by atoms with Gasteiger partial charge in [-0.1, -0.05) is 30.3 Å². The van der Waals surface area contributed by atoms with E-state index in [2.05, 4.69) is 17.1 Å². The van der Waals surface area contributed by atoms with Crippen molar-refractivity contribution in [3.8, 4) is 11.1 Å². The molecule has 0 saturated carbocycles. The van der Waals surface area contributed by atoms with Gasteiger partial charge >= 0.3 is 0 Å². The molecule has 3 aromatic rings. The predicted octanol–water partition coefficient (Wildman–Crippen LogP) is 2.85. The lowest BCUT2D eigenvalue weighted by Gasteiger charge is -2.07. The number of aryl methyl sites for hydroxylation is 1. The minimum atomic E-state index is 0.0992. The third-order valence-corrected chi connectivity index (χ3v) is 3.96. The molecule has 1 aliphatic rings. The molecule has 0 radical (unpaired) electrons. The Labute approximate surface area is 116 Å². The fourth-order valence-corrected chi connectivity index (χ4v) is 2.92. The van der Waals surface area contributed by atoms with Gasteiger partial charge in [0.05, 0.1) is 5.69 Å². The zero-order valence-corrected chi connectivity index (χ0v) is 11.0. The molecular weight excluding hydrogens is 248 g/mol. The monoisotopic (exact) mass is 262 g/mol. The van der Waals surface area contributed by atoms with Crippen molar-refractivity contribution in [2.24, 2.45) is 0 Å². The van der Waals surface area contributed by atoms with Crippen molar-refractivity contribution in [1.29, 1.82) is 0 Å². The molecule has 1 aliphatic carbocycles. The predicted molar refractivity (Wildman–Crippen MR) is 78.9 cm³/mol. The number of rotatable bonds is 1. The highest BCUT2D eigenvalue weighted by atomic mass is 16.1. The molecule has 1 aromatic carbocycles. The first kappa shape index (κ1) is 11.4. The molecule has 0 aliphatic heterocycles. The number of aromatic nitrogens is 2. The van der Waals surface area contributed by atoms with E-state index in [-0.39, 0.29) is 5.56 Å². The van der Waals surface area contributed by atoms with Crippen LogP contribution in [0.2, 0.25) is 0 Å². The van der Waals surface area contributed by atoms with Gasteiger partial charge in [-0.05, 0) is 42.5 Å². The summed E-state index contributed by atoms with van der Waals surface area (Å²) in [7, 11) is 0. The van der Waals surface area contributed by atoms with Gasteiger partial charge in [-0.2, -0.15) is 0 Å². The van der Waals surface area contributed by atoms with Crippen LogP contribution >= 0.6 is 0 Å². The van der Waals surface area contributed by atoms with Crippen molar-refractivity contribution in [3.05, 3.63) is 70.3 Å². The lowest BCUT2D eigenvalue weighted by molar-refractivity contribution is 0.899. The maximum Gasteiger partial charge on any atom is 0.261 e. The lowest BCUT2D eigenvalue weighted by atomic mass is 10.1. The average molecular weight is 262 g/mol. The summed E-state index contributed by atoms with van der Waals surface area (Å²) in [6, 6.07) is 14.1. The first-order chi connectivity index (χ1) is 9.83. The number of hydrogen-bond acceptors (Lipinski definition) is 2. The van der Waals surface area contributed by atoms with E-state index in [0.29, 0.717) is 0 Å². The molecule has 4 rings (SSSR count). The van der Waals surface area contributed by atoms with E-state index in [1.54, 1.807) is 4.40 Å². The average Bonchev–Trinajstić information content (AvgIpc) is 2.96. The van der Waals surface area contributed by atoms with Gasteiger partial charge in [-0.15, -0.1) is 0 Å². The van der Waals surface area contributed by atoms with Crippen LogP contribution < -0.4 is 5.56 Å². The SMILES string of the molecule is O=c1c2c(nc3cc(-c4ccccc4)ccn13)CCC2. The van der Waals surface area contributed by atoms with Crippen molar-refractivity contribution in [1.82, 2.24) is 9.38 Å². The van der Waals surface area contributed by atoms with Gasteiger partial charge in [-0.25, -0.2) is 4.98 Å². The molecule has 0 bridgehead atoms. The topological polar surface area (TPSA) is 34.4 Å². The Balaban J connectivity index is 1.97. The van der Waals surface area contributed by atoms with E-state index < -0.39 is 0 Å². The standard InChI is InChI=1S/C17H14N2O/c20-17-14-7-4-8-15(14)18-16-11-13(9-10-19(16)17)12-5-2-1-3-6-12/h1-3,5-6,9-11H,4,7-8H2. The van der Waals surface area contributed by atoms with Gasteiger partial charge in [0.1, 0.15) is 5.65 Å². The van der Waals surface area contributed by atoms with Crippen LogP contribution in [-0.2, 0) is 12.8 Å². The van der Waals surface area contributed by atoms with Gasteiger partial charge < -0.3 is 0 Å². The highest BCUT2D eigenvalue weighted by Gasteiger charge is 2.17. The summed E-state index contributed by atoms with van der Waals surface area (Å²) in [6.07, 6.45) is 4.67. The van der Waals surface area contributed by atoms with Crippen molar-refractivity contribution in [3.63, 3.8) is 0 Å². The molecule has 2 heterocycles. The van der Waals surface area contributed by atoms with Gasteiger partial charge in [0.25, 0.3) is 5.56 Å². The van der Waals surface area contributed by atoms with Gasteiger partial charge in [0, 0.05) is 11.8 Å². The van der Waals surface area contributed by atoms with Crippen LogP contribution in [0.1, 0.15) is 17.7 Å².